The molecule has 0 aromatic heterocycles. The molecule has 0 amide bonds. The summed E-state index contributed by atoms with van der Waals surface area (Å²) in [6.07, 6.45) is 4.06. The van der Waals surface area contributed by atoms with Crippen molar-refractivity contribution in [2.75, 3.05) is 19.8 Å². The molecule has 0 aliphatic carbocycles. The Morgan fingerprint density at radius 3 is 2.50 bits per heavy atom. The highest BCUT2D eigenvalue weighted by Crippen LogP contribution is 2.21. The van der Waals surface area contributed by atoms with Gasteiger partial charge in [-0.3, -0.25) is 0 Å². The van der Waals surface area contributed by atoms with Crippen LogP contribution in [0.1, 0.15) is 6.42 Å². The van der Waals surface area contributed by atoms with Gasteiger partial charge in [-0.15, -0.1) is 6.58 Å². The monoisotopic (exact) mass is 170 g/mol. The molecule has 1 rings (SSSR count). The Labute approximate surface area is 72.6 Å². The molecule has 12 heavy (non-hydrogen) atoms. The van der Waals surface area contributed by atoms with Gasteiger partial charge in [0, 0.05) is 0 Å². The van der Waals surface area contributed by atoms with Crippen molar-refractivity contribution in [1.82, 2.24) is 0 Å². The van der Waals surface area contributed by atoms with Crippen molar-refractivity contribution >= 4 is 0 Å². The summed E-state index contributed by atoms with van der Waals surface area (Å²) in [4.78, 5) is 0. The van der Waals surface area contributed by atoms with E-state index in [1.54, 1.807) is 6.08 Å². The highest BCUT2D eigenvalue weighted by Gasteiger charge is 2.31. The maximum atomic E-state index is 5.31. The van der Waals surface area contributed by atoms with Crippen molar-refractivity contribution in [2.24, 2.45) is 0 Å². The van der Waals surface area contributed by atoms with E-state index >= 15 is 0 Å². The fraction of sp³-hybridized carbons (Fsp3) is 0.556. The fourth-order valence-corrected chi connectivity index (χ4v) is 0.965. The van der Waals surface area contributed by atoms with Crippen LogP contribution >= 0.6 is 0 Å². The SMILES string of the molecule is C=CCOC1(C=C)OCCCO1. The summed E-state index contributed by atoms with van der Waals surface area (Å²) in [6.45, 7) is 8.82. The van der Waals surface area contributed by atoms with E-state index in [0.717, 1.165) is 6.42 Å². The third-order valence-electron chi connectivity index (χ3n) is 1.55. The van der Waals surface area contributed by atoms with Crippen LogP contribution in [0, 0.1) is 0 Å². The van der Waals surface area contributed by atoms with Gasteiger partial charge in [0.1, 0.15) is 0 Å². The Balaban J connectivity index is 2.47. The van der Waals surface area contributed by atoms with Crippen LogP contribution < -0.4 is 0 Å². The molecule has 0 saturated carbocycles. The quantitative estimate of drug-likeness (QED) is 0.598. The van der Waals surface area contributed by atoms with Crippen LogP contribution in [0.25, 0.3) is 0 Å². The molecule has 0 unspecified atom stereocenters. The van der Waals surface area contributed by atoms with Gasteiger partial charge in [-0.25, -0.2) is 0 Å². The zero-order valence-corrected chi connectivity index (χ0v) is 7.12. The first kappa shape index (κ1) is 9.45. The van der Waals surface area contributed by atoms with Crippen LogP contribution in [0.5, 0.6) is 0 Å². The fourth-order valence-electron chi connectivity index (χ4n) is 0.965. The lowest BCUT2D eigenvalue weighted by Crippen LogP contribution is -2.41. The minimum atomic E-state index is -1.04. The first-order valence-corrected chi connectivity index (χ1v) is 3.99. The summed E-state index contributed by atoms with van der Waals surface area (Å²) in [6, 6.07) is 0. The zero-order valence-electron chi connectivity index (χ0n) is 7.12. The average Bonchev–Trinajstić information content (AvgIpc) is 2.16. The molecule has 1 aliphatic heterocycles. The molecule has 1 saturated heterocycles. The number of ether oxygens (including phenoxy) is 3. The summed E-state index contributed by atoms with van der Waals surface area (Å²) < 4.78 is 15.9. The Morgan fingerprint density at radius 1 is 1.33 bits per heavy atom. The van der Waals surface area contributed by atoms with E-state index < -0.39 is 5.97 Å². The Hall–Kier alpha value is -0.640. The van der Waals surface area contributed by atoms with Gasteiger partial charge in [-0.05, 0) is 12.5 Å². The largest absolute Gasteiger partial charge is 0.324 e. The van der Waals surface area contributed by atoms with Gasteiger partial charge in [-0.1, -0.05) is 12.7 Å². The van der Waals surface area contributed by atoms with Gasteiger partial charge in [0.05, 0.1) is 19.8 Å². The Morgan fingerprint density at radius 2 is 2.00 bits per heavy atom. The molecule has 68 valence electrons. The summed E-state index contributed by atoms with van der Waals surface area (Å²) in [5, 5.41) is 0. The molecule has 0 spiro atoms. The molecule has 3 heteroatoms. The van der Waals surface area contributed by atoms with Crippen molar-refractivity contribution in [3.63, 3.8) is 0 Å². The predicted molar refractivity (Wildman–Crippen MR) is 45.6 cm³/mol. The zero-order chi connectivity index (χ0) is 8.86. The lowest BCUT2D eigenvalue weighted by atomic mass is 10.4. The first-order chi connectivity index (χ1) is 5.83. The molecule has 1 heterocycles. The minimum Gasteiger partial charge on any atom is -0.324 e. The van der Waals surface area contributed by atoms with Gasteiger partial charge in [0.25, 0.3) is 0 Å². The van der Waals surface area contributed by atoms with E-state index in [9.17, 15) is 0 Å². The van der Waals surface area contributed by atoms with Crippen LogP contribution in [-0.4, -0.2) is 25.8 Å². The van der Waals surface area contributed by atoms with Crippen LogP contribution in [0.15, 0.2) is 25.3 Å². The van der Waals surface area contributed by atoms with E-state index in [4.69, 9.17) is 14.2 Å². The average molecular weight is 170 g/mol. The molecule has 1 aliphatic rings. The third-order valence-corrected chi connectivity index (χ3v) is 1.55. The smallest absolute Gasteiger partial charge is 0.304 e. The van der Waals surface area contributed by atoms with Gasteiger partial charge in [0.15, 0.2) is 0 Å². The maximum Gasteiger partial charge on any atom is 0.304 e. The van der Waals surface area contributed by atoms with Crippen molar-refractivity contribution in [3.05, 3.63) is 25.3 Å². The molecular formula is C9H14O3. The normalized spacial score (nSPS) is 21.7. The van der Waals surface area contributed by atoms with Crippen LogP contribution in [0.2, 0.25) is 0 Å². The number of rotatable bonds is 4. The number of hydrogen-bond acceptors (Lipinski definition) is 3. The topological polar surface area (TPSA) is 27.7 Å². The van der Waals surface area contributed by atoms with Crippen molar-refractivity contribution in [1.29, 1.82) is 0 Å². The van der Waals surface area contributed by atoms with Gasteiger partial charge in [-0.2, -0.15) is 0 Å². The molecule has 0 atom stereocenters. The first-order valence-electron chi connectivity index (χ1n) is 3.99. The van der Waals surface area contributed by atoms with Crippen LogP contribution in [0.3, 0.4) is 0 Å². The summed E-state index contributed by atoms with van der Waals surface area (Å²) >= 11 is 0. The van der Waals surface area contributed by atoms with Crippen molar-refractivity contribution < 1.29 is 14.2 Å². The van der Waals surface area contributed by atoms with Crippen molar-refractivity contribution in [3.8, 4) is 0 Å². The standard InChI is InChI=1S/C9H14O3/c1-3-6-10-9(4-2)11-7-5-8-12-9/h3-4H,1-2,5-8H2. The van der Waals surface area contributed by atoms with E-state index in [1.165, 1.54) is 6.08 Å². The van der Waals surface area contributed by atoms with Gasteiger partial charge in [0.2, 0.25) is 0 Å². The highest BCUT2D eigenvalue weighted by atomic mass is 16.9. The van der Waals surface area contributed by atoms with E-state index in [1.807, 2.05) is 0 Å². The van der Waals surface area contributed by atoms with Crippen LogP contribution in [0.4, 0.5) is 0 Å². The van der Waals surface area contributed by atoms with Gasteiger partial charge >= 0.3 is 5.97 Å². The minimum absolute atomic E-state index is 0.395. The van der Waals surface area contributed by atoms with E-state index in [2.05, 4.69) is 13.2 Å². The predicted octanol–water partition coefficient (Wildman–Crippen LogP) is 1.47. The summed E-state index contributed by atoms with van der Waals surface area (Å²) in [5.41, 5.74) is 0. The summed E-state index contributed by atoms with van der Waals surface area (Å²) in [7, 11) is 0. The Kier molecular flexibility index (Phi) is 3.47. The second-order valence-electron chi connectivity index (χ2n) is 2.46. The lowest BCUT2D eigenvalue weighted by molar-refractivity contribution is -0.366. The molecule has 1 fully saturated rings. The molecule has 0 bridgehead atoms. The molecule has 3 nitrogen and oxygen atoms in total. The van der Waals surface area contributed by atoms with Crippen molar-refractivity contribution in [2.45, 2.75) is 12.4 Å². The summed E-state index contributed by atoms with van der Waals surface area (Å²) in [5.74, 6) is -1.04. The highest BCUT2D eigenvalue weighted by molar-refractivity contribution is 4.84. The lowest BCUT2D eigenvalue weighted by Gasteiger charge is -2.33. The molecule has 0 radical (unpaired) electrons. The van der Waals surface area contributed by atoms with Gasteiger partial charge < -0.3 is 14.2 Å². The molecule has 0 aromatic rings. The molecule has 0 aromatic carbocycles. The third kappa shape index (κ3) is 2.17. The second-order valence-corrected chi connectivity index (χ2v) is 2.46. The Bertz CT molecular complexity index is 159. The molecular weight excluding hydrogens is 156 g/mol. The second kappa shape index (κ2) is 4.40. The van der Waals surface area contributed by atoms with Crippen LogP contribution in [-0.2, 0) is 14.2 Å². The number of hydrogen-bond donors (Lipinski definition) is 0. The molecule has 0 N–H and O–H groups in total. The van der Waals surface area contributed by atoms with E-state index in [-0.39, 0.29) is 0 Å². The maximum absolute atomic E-state index is 5.31. The van der Waals surface area contributed by atoms with E-state index in [0.29, 0.717) is 19.8 Å².